The maximum absolute atomic E-state index is 11.9. The summed E-state index contributed by atoms with van der Waals surface area (Å²) in [6, 6.07) is 2.26. The van der Waals surface area contributed by atoms with Crippen molar-refractivity contribution in [3.8, 4) is 6.07 Å². The van der Waals surface area contributed by atoms with E-state index in [0.29, 0.717) is 17.4 Å². The number of carbonyl (C=O) groups excluding carboxylic acids is 3. The molecule has 2 fully saturated rings. The van der Waals surface area contributed by atoms with Crippen LogP contribution in [0.5, 0.6) is 0 Å². The van der Waals surface area contributed by atoms with Crippen molar-refractivity contribution in [3.05, 3.63) is 12.2 Å². The molecule has 2 aliphatic rings. The number of imidazole rings is 1. The van der Waals surface area contributed by atoms with E-state index in [1.54, 1.807) is 0 Å². The van der Waals surface area contributed by atoms with Crippen molar-refractivity contribution in [2.45, 2.75) is 64.2 Å². The van der Waals surface area contributed by atoms with Crippen molar-refractivity contribution in [2.75, 3.05) is 18.6 Å². The summed E-state index contributed by atoms with van der Waals surface area (Å²) in [5.74, 6) is -1.37. The maximum Gasteiger partial charge on any atom is 0.303 e. The van der Waals surface area contributed by atoms with Crippen molar-refractivity contribution in [1.29, 1.82) is 5.26 Å². The van der Waals surface area contributed by atoms with Crippen LogP contribution in [0.3, 0.4) is 0 Å². The van der Waals surface area contributed by atoms with Crippen LogP contribution in [-0.2, 0) is 33.3 Å². The lowest BCUT2D eigenvalue weighted by Crippen LogP contribution is -2.40. The molecule has 0 amide bonds. The standard InChI is InChI=1S/C21H24N6O7/c1-10(28)31-8-14-17(32-11(2)29)18(33-12(3)30)21(34-14)27-9-23-16-19(26(4)13-5-6-13)24-15(7-22)25-20(16)27/h9,13-14,17-18,21H,5-6,8H2,1-4H3/t14-,17-,18-,21-/m1/s1. The zero-order valence-corrected chi connectivity index (χ0v) is 19.1. The van der Waals surface area contributed by atoms with Gasteiger partial charge in [-0.05, 0) is 12.8 Å². The predicted molar refractivity (Wildman–Crippen MR) is 113 cm³/mol. The fourth-order valence-electron chi connectivity index (χ4n) is 3.94. The van der Waals surface area contributed by atoms with Gasteiger partial charge in [0.1, 0.15) is 18.8 Å². The molecule has 34 heavy (non-hydrogen) atoms. The SMILES string of the molecule is CC(=O)OC[C@H]1O[C@@H](n2cnc3c(N(C)C4CC4)nc(C#N)nc32)[C@H](OC(C)=O)[C@@H]1OC(C)=O. The van der Waals surface area contributed by atoms with Gasteiger partial charge in [-0.1, -0.05) is 0 Å². The van der Waals surface area contributed by atoms with Gasteiger partial charge in [0.2, 0.25) is 5.82 Å². The Bertz CT molecular complexity index is 1170. The Balaban J connectivity index is 1.78. The number of rotatable bonds is 7. The van der Waals surface area contributed by atoms with E-state index < -0.39 is 42.4 Å². The van der Waals surface area contributed by atoms with Gasteiger partial charge >= 0.3 is 17.9 Å². The van der Waals surface area contributed by atoms with Crippen LogP contribution in [0.25, 0.3) is 11.2 Å². The van der Waals surface area contributed by atoms with Crippen LogP contribution >= 0.6 is 0 Å². The Morgan fingerprint density at radius 2 is 1.82 bits per heavy atom. The van der Waals surface area contributed by atoms with Crippen LogP contribution in [0.2, 0.25) is 0 Å². The molecular weight excluding hydrogens is 448 g/mol. The van der Waals surface area contributed by atoms with E-state index in [1.165, 1.54) is 31.7 Å². The zero-order valence-electron chi connectivity index (χ0n) is 19.1. The highest BCUT2D eigenvalue weighted by atomic mass is 16.7. The number of aromatic nitrogens is 4. The molecule has 0 N–H and O–H groups in total. The Hall–Kier alpha value is -3.79. The lowest BCUT2D eigenvalue weighted by Gasteiger charge is -2.24. The third-order valence-corrected chi connectivity index (χ3v) is 5.55. The van der Waals surface area contributed by atoms with E-state index in [-0.39, 0.29) is 18.1 Å². The third-order valence-electron chi connectivity index (χ3n) is 5.55. The molecular formula is C21H24N6O7. The fourth-order valence-corrected chi connectivity index (χ4v) is 3.94. The average molecular weight is 472 g/mol. The summed E-state index contributed by atoms with van der Waals surface area (Å²) in [6.07, 6.45) is -0.659. The third kappa shape index (κ3) is 4.62. The number of ether oxygens (including phenoxy) is 4. The number of nitrogens with zero attached hydrogens (tertiary/aromatic N) is 6. The highest BCUT2D eigenvalue weighted by Crippen LogP contribution is 2.38. The van der Waals surface area contributed by atoms with Gasteiger partial charge in [0, 0.05) is 33.9 Å². The first-order chi connectivity index (χ1) is 16.2. The number of carbonyl (C=O) groups is 3. The van der Waals surface area contributed by atoms with Crippen LogP contribution in [0, 0.1) is 11.3 Å². The molecule has 4 rings (SSSR count). The normalized spacial score (nSPS) is 23.9. The van der Waals surface area contributed by atoms with Gasteiger partial charge in [0.15, 0.2) is 35.4 Å². The summed E-state index contributed by atoms with van der Waals surface area (Å²) >= 11 is 0. The summed E-state index contributed by atoms with van der Waals surface area (Å²) in [6.45, 7) is 3.42. The van der Waals surface area contributed by atoms with E-state index in [4.69, 9.17) is 18.9 Å². The summed E-state index contributed by atoms with van der Waals surface area (Å²) in [4.78, 5) is 50.1. The number of fused-ring (bicyclic) bond motifs is 1. The maximum atomic E-state index is 11.9. The van der Waals surface area contributed by atoms with Crippen molar-refractivity contribution >= 4 is 34.9 Å². The molecule has 4 atom stereocenters. The van der Waals surface area contributed by atoms with Crippen LogP contribution < -0.4 is 4.90 Å². The van der Waals surface area contributed by atoms with Crippen LogP contribution in [0.1, 0.15) is 45.7 Å². The molecule has 1 saturated heterocycles. The Morgan fingerprint density at radius 3 is 2.41 bits per heavy atom. The average Bonchev–Trinajstić information content (AvgIpc) is 3.47. The highest BCUT2D eigenvalue weighted by molar-refractivity contribution is 5.84. The number of hydrogen-bond donors (Lipinski definition) is 0. The van der Waals surface area contributed by atoms with Gasteiger partial charge in [0.05, 0.1) is 6.33 Å². The predicted octanol–water partition coefficient (Wildman–Crippen LogP) is 0.620. The lowest BCUT2D eigenvalue weighted by atomic mass is 10.1. The molecule has 0 aromatic carbocycles. The molecule has 180 valence electrons. The molecule has 1 saturated carbocycles. The summed E-state index contributed by atoms with van der Waals surface area (Å²) < 4.78 is 23.5. The summed E-state index contributed by atoms with van der Waals surface area (Å²) in [5.41, 5.74) is 0.719. The quantitative estimate of drug-likeness (QED) is 0.409. The second kappa shape index (κ2) is 9.22. The van der Waals surface area contributed by atoms with Gasteiger partial charge in [-0.15, -0.1) is 0 Å². The van der Waals surface area contributed by atoms with Crippen molar-refractivity contribution in [1.82, 2.24) is 19.5 Å². The minimum absolute atomic E-state index is 0.0632. The Kier molecular flexibility index (Phi) is 6.34. The minimum Gasteiger partial charge on any atom is -0.463 e. The van der Waals surface area contributed by atoms with Crippen LogP contribution in [0.4, 0.5) is 5.82 Å². The molecule has 2 aromatic heterocycles. The molecule has 0 spiro atoms. The molecule has 0 unspecified atom stereocenters. The number of anilines is 1. The Labute approximate surface area is 194 Å². The summed E-state index contributed by atoms with van der Waals surface area (Å²) in [7, 11) is 1.87. The van der Waals surface area contributed by atoms with Gasteiger partial charge in [-0.2, -0.15) is 15.2 Å². The first-order valence-corrected chi connectivity index (χ1v) is 10.7. The van der Waals surface area contributed by atoms with Crippen molar-refractivity contribution in [2.24, 2.45) is 0 Å². The van der Waals surface area contributed by atoms with E-state index in [2.05, 4.69) is 15.0 Å². The first kappa shape index (κ1) is 23.4. The van der Waals surface area contributed by atoms with E-state index in [1.807, 2.05) is 18.0 Å². The Morgan fingerprint density at radius 1 is 1.15 bits per heavy atom. The van der Waals surface area contributed by atoms with Crippen LogP contribution in [0.15, 0.2) is 6.33 Å². The van der Waals surface area contributed by atoms with Crippen molar-refractivity contribution in [3.63, 3.8) is 0 Å². The van der Waals surface area contributed by atoms with Crippen LogP contribution in [-0.4, -0.2) is 75.4 Å². The topological polar surface area (TPSA) is 159 Å². The van der Waals surface area contributed by atoms with Gasteiger partial charge in [-0.25, -0.2) is 4.98 Å². The molecule has 1 aliphatic heterocycles. The molecule has 13 heteroatoms. The molecule has 0 radical (unpaired) electrons. The van der Waals surface area contributed by atoms with Crippen molar-refractivity contribution < 1.29 is 33.3 Å². The monoisotopic (exact) mass is 472 g/mol. The minimum atomic E-state index is -1.09. The fraction of sp³-hybridized carbons (Fsp3) is 0.571. The smallest absolute Gasteiger partial charge is 0.303 e. The molecule has 3 heterocycles. The molecule has 13 nitrogen and oxygen atoms in total. The second-order valence-corrected chi connectivity index (χ2v) is 8.16. The highest BCUT2D eigenvalue weighted by Gasteiger charge is 2.51. The summed E-state index contributed by atoms with van der Waals surface area (Å²) in [5, 5.41) is 9.50. The largest absolute Gasteiger partial charge is 0.463 e. The van der Waals surface area contributed by atoms with Gasteiger partial charge < -0.3 is 23.8 Å². The number of hydrogen-bond acceptors (Lipinski definition) is 12. The molecule has 0 bridgehead atoms. The second-order valence-electron chi connectivity index (χ2n) is 8.16. The van der Waals surface area contributed by atoms with E-state index in [9.17, 15) is 19.6 Å². The van der Waals surface area contributed by atoms with Gasteiger partial charge in [0.25, 0.3) is 0 Å². The molecule has 1 aliphatic carbocycles. The number of esters is 3. The zero-order chi connectivity index (χ0) is 24.6. The lowest BCUT2D eigenvalue weighted by molar-refractivity contribution is -0.166. The molecule has 2 aromatic rings. The van der Waals surface area contributed by atoms with E-state index in [0.717, 1.165) is 12.8 Å². The first-order valence-electron chi connectivity index (χ1n) is 10.7. The number of nitriles is 1. The van der Waals surface area contributed by atoms with Gasteiger partial charge in [-0.3, -0.25) is 19.0 Å². The van der Waals surface area contributed by atoms with E-state index >= 15 is 0 Å².